The number of rotatable bonds is 2. The maximum Gasteiger partial charge on any atom is 0.411 e. The summed E-state index contributed by atoms with van der Waals surface area (Å²) in [6.45, 7) is 1.73. The molecule has 2 heterocycles. The number of para-hydroxylation sites is 1. The second-order valence-corrected chi connectivity index (χ2v) is 5.76. The number of fused-ring (bicyclic) bond motifs is 1. The van der Waals surface area contributed by atoms with Crippen LogP contribution >= 0.6 is 0 Å². The normalized spacial score (nSPS) is 20.9. The third kappa shape index (κ3) is 2.55. The molecule has 1 aliphatic rings. The van der Waals surface area contributed by atoms with E-state index in [0.717, 1.165) is 5.39 Å². The monoisotopic (exact) mass is 331 g/mol. The number of carbonyl (C=O) groups excluding carboxylic acids is 1. The molecular formula is C16H17N3O5. The molecule has 0 aliphatic carbocycles. The van der Waals surface area contributed by atoms with Gasteiger partial charge in [-0.15, -0.1) is 0 Å². The topological polar surface area (TPSA) is 104 Å². The Kier molecular flexibility index (Phi) is 3.67. The van der Waals surface area contributed by atoms with Crippen LogP contribution in [0.4, 0.5) is 4.79 Å². The van der Waals surface area contributed by atoms with E-state index in [0.29, 0.717) is 17.1 Å². The van der Waals surface area contributed by atoms with Gasteiger partial charge in [-0.25, -0.2) is 9.79 Å². The van der Waals surface area contributed by atoms with Crippen molar-refractivity contribution in [2.24, 2.45) is 4.99 Å². The molecule has 0 bridgehead atoms. The second kappa shape index (κ2) is 5.55. The van der Waals surface area contributed by atoms with Crippen molar-refractivity contribution >= 4 is 28.9 Å². The van der Waals surface area contributed by atoms with E-state index in [4.69, 9.17) is 14.3 Å². The Balaban J connectivity index is 2.11. The lowest BCUT2D eigenvalue weighted by atomic mass is 9.93. The first-order chi connectivity index (χ1) is 11.3. The second-order valence-electron chi connectivity index (χ2n) is 5.76. The first-order valence-electron chi connectivity index (χ1n) is 7.27. The molecule has 2 N–H and O–H groups in total. The minimum Gasteiger partial charge on any atom is -0.493 e. The molecule has 0 radical (unpaired) electrons. The third-order valence-corrected chi connectivity index (χ3v) is 4.02. The number of nitrogens with one attached hydrogen (secondary N) is 1. The van der Waals surface area contributed by atoms with E-state index in [2.05, 4.69) is 10.3 Å². The fraction of sp³-hybridized carbons (Fsp3) is 0.312. The Morgan fingerprint density at radius 1 is 1.50 bits per heavy atom. The maximum absolute atomic E-state index is 12.3. The molecule has 1 aromatic carbocycles. The van der Waals surface area contributed by atoms with Crippen LogP contribution in [0.5, 0.6) is 5.75 Å². The molecule has 2 amide bonds. The molecule has 0 fully saturated rings. The van der Waals surface area contributed by atoms with Gasteiger partial charge in [0.05, 0.1) is 13.5 Å². The number of guanidine groups is 1. The van der Waals surface area contributed by atoms with Gasteiger partial charge in [0.15, 0.2) is 11.3 Å². The van der Waals surface area contributed by atoms with Gasteiger partial charge in [0.2, 0.25) is 11.9 Å². The van der Waals surface area contributed by atoms with Crippen LogP contribution in [0.2, 0.25) is 0 Å². The van der Waals surface area contributed by atoms with E-state index in [9.17, 15) is 9.59 Å². The number of carboxylic acid groups (broad SMARTS) is 1. The highest BCUT2D eigenvalue weighted by atomic mass is 16.5. The minimum absolute atomic E-state index is 0.0336. The molecule has 8 nitrogen and oxygen atoms in total. The Hall–Kier alpha value is -3.03. The highest BCUT2D eigenvalue weighted by molar-refractivity contribution is 6.04. The van der Waals surface area contributed by atoms with Crippen LogP contribution in [0.15, 0.2) is 33.7 Å². The number of hydrogen-bond donors (Lipinski definition) is 2. The quantitative estimate of drug-likeness (QED) is 0.877. The lowest BCUT2D eigenvalue weighted by Crippen LogP contribution is -2.51. The zero-order chi connectivity index (χ0) is 17.5. The Labute approximate surface area is 137 Å². The zero-order valence-corrected chi connectivity index (χ0v) is 13.5. The lowest BCUT2D eigenvalue weighted by Gasteiger charge is -2.32. The minimum atomic E-state index is -1.29. The first-order valence-corrected chi connectivity index (χ1v) is 7.27. The van der Waals surface area contributed by atoms with Crippen molar-refractivity contribution in [1.82, 2.24) is 10.2 Å². The summed E-state index contributed by atoms with van der Waals surface area (Å²) in [5, 5.41) is 11.9. The van der Waals surface area contributed by atoms with Gasteiger partial charge in [-0.2, -0.15) is 0 Å². The fourth-order valence-corrected chi connectivity index (χ4v) is 2.69. The van der Waals surface area contributed by atoms with E-state index >= 15 is 0 Å². The summed E-state index contributed by atoms with van der Waals surface area (Å²) in [5.41, 5.74) is -0.448. The van der Waals surface area contributed by atoms with Crippen LogP contribution in [0.3, 0.4) is 0 Å². The van der Waals surface area contributed by atoms with E-state index < -0.39 is 11.6 Å². The van der Waals surface area contributed by atoms with Crippen molar-refractivity contribution < 1.29 is 23.8 Å². The summed E-state index contributed by atoms with van der Waals surface area (Å²) in [6, 6.07) is 7.27. The van der Waals surface area contributed by atoms with Crippen LogP contribution in [0.25, 0.3) is 11.0 Å². The van der Waals surface area contributed by atoms with Crippen LogP contribution in [-0.2, 0) is 10.3 Å². The van der Waals surface area contributed by atoms with Crippen LogP contribution in [-0.4, -0.2) is 42.1 Å². The number of ether oxygens (including phenoxy) is 1. The molecule has 126 valence electrons. The Morgan fingerprint density at radius 3 is 2.92 bits per heavy atom. The van der Waals surface area contributed by atoms with Gasteiger partial charge >= 0.3 is 6.09 Å². The predicted octanol–water partition coefficient (Wildman–Crippen LogP) is 2.14. The standard InChI is InChI=1S/C16H17N3O5/c1-16(8-12(20)19(2)14(18-16)17-15(21)22)11-7-9-5-4-6-10(23-3)13(9)24-11/h4-7H,8H2,1-3H3,(H,17,18)(H,21,22)/t16-/m0/s1. The molecule has 24 heavy (non-hydrogen) atoms. The van der Waals surface area contributed by atoms with Gasteiger partial charge < -0.3 is 14.3 Å². The van der Waals surface area contributed by atoms with Crippen molar-refractivity contribution in [2.75, 3.05) is 14.2 Å². The molecule has 0 spiro atoms. The molecule has 2 aromatic rings. The molecule has 0 saturated carbocycles. The molecule has 1 aliphatic heterocycles. The van der Waals surface area contributed by atoms with Gasteiger partial charge in [0.25, 0.3) is 0 Å². The van der Waals surface area contributed by atoms with Crippen molar-refractivity contribution in [3.05, 3.63) is 30.0 Å². The fourth-order valence-electron chi connectivity index (χ4n) is 2.69. The van der Waals surface area contributed by atoms with Gasteiger partial charge in [-0.05, 0) is 19.1 Å². The van der Waals surface area contributed by atoms with E-state index in [1.807, 2.05) is 12.1 Å². The number of amides is 2. The average molecular weight is 331 g/mol. The van der Waals surface area contributed by atoms with Crippen molar-refractivity contribution in [2.45, 2.75) is 18.9 Å². The molecule has 1 aromatic heterocycles. The molecule has 8 heteroatoms. The molecule has 3 rings (SSSR count). The van der Waals surface area contributed by atoms with Crippen molar-refractivity contribution in [1.29, 1.82) is 0 Å². The number of nitrogens with zero attached hydrogens (tertiary/aromatic N) is 2. The Morgan fingerprint density at radius 2 is 2.25 bits per heavy atom. The van der Waals surface area contributed by atoms with E-state index in [-0.39, 0.29) is 18.3 Å². The number of benzene rings is 1. The smallest absolute Gasteiger partial charge is 0.411 e. The summed E-state index contributed by atoms with van der Waals surface area (Å²) in [5.74, 6) is 0.750. The molecule has 1 atom stereocenters. The van der Waals surface area contributed by atoms with E-state index in [1.165, 1.54) is 11.9 Å². The first kappa shape index (κ1) is 15.9. The maximum atomic E-state index is 12.3. The SMILES string of the molecule is COc1cccc2cc([C@]3(C)CC(=O)N(C)C(NC(=O)O)=N3)oc12. The summed E-state index contributed by atoms with van der Waals surface area (Å²) >= 11 is 0. The number of furan rings is 1. The summed E-state index contributed by atoms with van der Waals surface area (Å²) in [6.07, 6.45) is -1.22. The predicted molar refractivity (Wildman–Crippen MR) is 86.1 cm³/mol. The number of hydrogen-bond acceptors (Lipinski definition) is 5. The molecular weight excluding hydrogens is 314 g/mol. The molecule has 0 unspecified atom stereocenters. The van der Waals surface area contributed by atoms with Crippen molar-refractivity contribution in [3.63, 3.8) is 0 Å². The van der Waals surface area contributed by atoms with Crippen LogP contribution in [0, 0.1) is 0 Å². The average Bonchev–Trinajstić information content (AvgIpc) is 2.96. The Bertz CT molecular complexity index is 857. The number of carbonyl (C=O) groups is 2. The number of aliphatic imine (C=N–C) groups is 1. The zero-order valence-electron chi connectivity index (χ0n) is 13.5. The lowest BCUT2D eigenvalue weighted by molar-refractivity contribution is -0.128. The van der Waals surface area contributed by atoms with Crippen LogP contribution < -0.4 is 10.1 Å². The highest BCUT2D eigenvalue weighted by Crippen LogP contribution is 2.38. The largest absolute Gasteiger partial charge is 0.493 e. The van der Waals surface area contributed by atoms with Gasteiger partial charge in [0.1, 0.15) is 11.3 Å². The highest BCUT2D eigenvalue weighted by Gasteiger charge is 2.40. The van der Waals surface area contributed by atoms with Gasteiger partial charge in [0, 0.05) is 12.4 Å². The summed E-state index contributed by atoms with van der Waals surface area (Å²) in [7, 11) is 3.02. The van der Waals surface area contributed by atoms with Gasteiger partial charge in [-0.1, -0.05) is 12.1 Å². The number of methoxy groups -OCH3 is 1. The van der Waals surface area contributed by atoms with Crippen molar-refractivity contribution in [3.8, 4) is 5.75 Å². The van der Waals surface area contributed by atoms with Gasteiger partial charge in [-0.3, -0.25) is 15.0 Å². The summed E-state index contributed by atoms with van der Waals surface area (Å²) < 4.78 is 11.2. The third-order valence-electron chi connectivity index (χ3n) is 4.02. The summed E-state index contributed by atoms with van der Waals surface area (Å²) in [4.78, 5) is 28.8. The van der Waals surface area contributed by atoms with E-state index in [1.54, 1.807) is 26.2 Å². The molecule has 0 saturated heterocycles. The van der Waals surface area contributed by atoms with Crippen LogP contribution in [0.1, 0.15) is 19.1 Å².